The van der Waals surface area contributed by atoms with Crippen LogP contribution in [0, 0.1) is 17.6 Å². The van der Waals surface area contributed by atoms with Crippen molar-refractivity contribution < 1.29 is 18.7 Å². The molecule has 1 aromatic carbocycles. The first-order valence-electron chi connectivity index (χ1n) is 7.37. The van der Waals surface area contributed by atoms with Crippen LogP contribution < -0.4 is 5.32 Å². The molecule has 1 aliphatic carbocycles. The minimum atomic E-state index is -1.13. The summed E-state index contributed by atoms with van der Waals surface area (Å²) in [5.74, 6) is -2.00. The first-order valence-corrected chi connectivity index (χ1v) is 8.25. The van der Waals surface area contributed by atoms with Gasteiger partial charge in [0.1, 0.15) is 17.2 Å². The molecule has 0 saturated heterocycles. The zero-order chi connectivity index (χ0) is 16.6. The van der Waals surface area contributed by atoms with Gasteiger partial charge >= 0.3 is 0 Å². The lowest BCUT2D eigenvalue weighted by Gasteiger charge is -2.22. The maximum atomic E-state index is 13.7. The van der Waals surface area contributed by atoms with Crippen LogP contribution in [0.5, 0.6) is 0 Å². The number of hydrogen-bond donors (Lipinski definition) is 2. The van der Waals surface area contributed by atoms with Crippen LogP contribution in [0.25, 0.3) is 0 Å². The molecule has 3 atom stereocenters. The Labute approximate surface area is 137 Å². The Morgan fingerprint density at radius 1 is 1.43 bits per heavy atom. The van der Waals surface area contributed by atoms with E-state index in [0.717, 1.165) is 10.9 Å². The van der Waals surface area contributed by atoms with Gasteiger partial charge in [0.2, 0.25) is 5.91 Å². The van der Waals surface area contributed by atoms with Crippen LogP contribution in [-0.4, -0.2) is 17.6 Å². The number of amides is 1. The van der Waals surface area contributed by atoms with Crippen molar-refractivity contribution in [2.75, 3.05) is 6.54 Å². The summed E-state index contributed by atoms with van der Waals surface area (Å²) >= 11 is 1.42. The molecule has 6 heteroatoms. The molecule has 0 radical (unpaired) electrons. The molecule has 1 aliphatic rings. The Kier molecular flexibility index (Phi) is 4.21. The Balaban J connectivity index is 1.58. The fourth-order valence-corrected chi connectivity index (χ4v) is 3.48. The van der Waals surface area contributed by atoms with Crippen molar-refractivity contribution in [3.8, 4) is 0 Å². The molecule has 2 N–H and O–H groups in total. The highest BCUT2D eigenvalue weighted by Gasteiger charge is 2.45. The first-order chi connectivity index (χ1) is 10.9. The minimum absolute atomic E-state index is 0.0987. The van der Waals surface area contributed by atoms with Crippen molar-refractivity contribution in [3.63, 3.8) is 0 Å². The summed E-state index contributed by atoms with van der Waals surface area (Å²) in [6.07, 6.45) is 0.537. The second-order valence-electron chi connectivity index (χ2n) is 6.08. The van der Waals surface area contributed by atoms with E-state index in [0.29, 0.717) is 12.0 Å². The highest BCUT2D eigenvalue weighted by atomic mass is 32.1. The number of thiophene rings is 1. The lowest BCUT2D eigenvalue weighted by Crippen LogP contribution is -2.38. The summed E-state index contributed by atoms with van der Waals surface area (Å²) in [6, 6.07) is 7.08. The van der Waals surface area contributed by atoms with E-state index in [9.17, 15) is 18.7 Å². The van der Waals surface area contributed by atoms with E-state index in [2.05, 4.69) is 5.32 Å². The van der Waals surface area contributed by atoms with Crippen LogP contribution in [0.15, 0.2) is 35.7 Å². The van der Waals surface area contributed by atoms with Gasteiger partial charge in [0.25, 0.3) is 0 Å². The number of halogens is 2. The maximum Gasteiger partial charge on any atom is 0.223 e. The van der Waals surface area contributed by atoms with Gasteiger partial charge in [0, 0.05) is 16.9 Å². The molecular weight excluding hydrogens is 320 g/mol. The molecule has 0 bridgehead atoms. The Hall–Kier alpha value is -1.79. The number of carbonyl (C=O) groups is 1. The average molecular weight is 337 g/mol. The fourth-order valence-electron chi connectivity index (χ4n) is 2.69. The summed E-state index contributed by atoms with van der Waals surface area (Å²) < 4.78 is 26.7. The van der Waals surface area contributed by atoms with Crippen molar-refractivity contribution in [1.82, 2.24) is 5.32 Å². The largest absolute Gasteiger partial charge is 0.383 e. The van der Waals surface area contributed by atoms with Gasteiger partial charge in [-0.3, -0.25) is 4.79 Å². The van der Waals surface area contributed by atoms with Gasteiger partial charge in [-0.1, -0.05) is 12.1 Å². The molecule has 1 saturated carbocycles. The molecule has 0 aliphatic heterocycles. The van der Waals surface area contributed by atoms with Gasteiger partial charge in [-0.05, 0) is 42.3 Å². The summed E-state index contributed by atoms with van der Waals surface area (Å²) in [5, 5.41) is 15.0. The lowest BCUT2D eigenvalue weighted by atomic mass is 10.0. The highest BCUT2D eigenvalue weighted by Crippen LogP contribution is 2.48. The van der Waals surface area contributed by atoms with E-state index < -0.39 is 17.2 Å². The second-order valence-corrected chi connectivity index (χ2v) is 7.03. The zero-order valence-corrected chi connectivity index (χ0v) is 13.4. The van der Waals surface area contributed by atoms with E-state index >= 15 is 0 Å². The van der Waals surface area contributed by atoms with E-state index in [1.807, 2.05) is 17.5 Å². The molecule has 3 unspecified atom stereocenters. The molecule has 1 aromatic heterocycles. The van der Waals surface area contributed by atoms with Crippen LogP contribution >= 0.6 is 11.3 Å². The third-order valence-electron chi connectivity index (χ3n) is 4.15. The number of rotatable bonds is 5. The van der Waals surface area contributed by atoms with Crippen LogP contribution in [0.3, 0.4) is 0 Å². The van der Waals surface area contributed by atoms with Crippen molar-refractivity contribution in [2.24, 2.45) is 5.92 Å². The fraction of sp³-hybridized carbons (Fsp3) is 0.353. The van der Waals surface area contributed by atoms with E-state index in [-0.39, 0.29) is 24.3 Å². The second kappa shape index (κ2) is 6.02. The van der Waals surface area contributed by atoms with Crippen LogP contribution in [-0.2, 0) is 10.4 Å². The number of benzene rings is 1. The van der Waals surface area contributed by atoms with E-state index in [1.54, 1.807) is 6.92 Å². The number of carbonyl (C=O) groups excluding carboxylic acids is 1. The summed E-state index contributed by atoms with van der Waals surface area (Å²) in [6.45, 7) is 1.74. The number of nitrogens with one attached hydrogen (secondary N) is 1. The van der Waals surface area contributed by atoms with Gasteiger partial charge in [-0.25, -0.2) is 8.78 Å². The smallest absolute Gasteiger partial charge is 0.223 e. The topological polar surface area (TPSA) is 49.3 Å². The third-order valence-corrected chi connectivity index (χ3v) is 5.27. The van der Waals surface area contributed by atoms with Crippen LogP contribution in [0.1, 0.15) is 29.7 Å². The Morgan fingerprint density at radius 2 is 2.22 bits per heavy atom. The maximum absolute atomic E-state index is 13.7. The molecule has 3 nitrogen and oxygen atoms in total. The van der Waals surface area contributed by atoms with E-state index in [4.69, 9.17) is 0 Å². The molecule has 1 amide bonds. The monoisotopic (exact) mass is 337 g/mol. The molecule has 1 heterocycles. The van der Waals surface area contributed by atoms with Crippen molar-refractivity contribution in [3.05, 3.63) is 57.8 Å². The number of aliphatic hydroxyl groups is 1. The molecule has 0 spiro atoms. The SMILES string of the molecule is CC(O)(CNC(=O)C1CC1c1ccc(F)cc1F)c1cccs1. The van der Waals surface area contributed by atoms with Crippen molar-refractivity contribution in [1.29, 1.82) is 0 Å². The molecular formula is C17H17F2NO2S. The lowest BCUT2D eigenvalue weighted by molar-refractivity contribution is -0.123. The Bertz CT molecular complexity index is 715. The molecule has 23 heavy (non-hydrogen) atoms. The number of hydrogen-bond acceptors (Lipinski definition) is 3. The normalized spacial score (nSPS) is 22.4. The van der Waals surface area contributed by atoms with Crippen LogP contribution in [0.2, 0.25) is 0 Å². The average Bonchev–Trinajstić information content (AvgIpc) is 3.07. The van der Waals surface area contributed by atoms with Crippen molar-refractivity contribution >= 4 is 17.2 Å². The minimum Gasteiger partial charge on any atom is -0.383 e. The molecule has 2 aromatic rings. The van der Waals surface area contributed by atoms with Gasteiger partial charge in [0.15, 0.2) is 0 Å². The van der Waals surface area contributed by atoms with Gasteiger partial charge < -0.3 is 10.4 Å². The Morgan fingerprint density at radius 3 is 2.87 bits per heavy atom. The predicted molar refractivity (Wildman–Crippen MR) is 84.1 cm³/mol. The molecule has 3 rings (SSSR count). The third kappa shape index (κ3) is 3.43. The highest BCUT2D eigenvalue weighted by molar-refractivity contribution is 7.10. The van der Waals surface area contributed by atoms with Crippen LogP contribution in [0.4, 0.5) is 8.78 Å². The zero-order valence-electron chi connectivity index (χ0n) is 12.6. The van der Waals surface area contributed by atoms with Crippen molar-refractivity contribution in [2.45, 2.75) is 24.9 Å². The molecule has 122 valence electrons. The van der Waals surface area contributed by atoms with Gasteiger partial charge in [-0.2, -0.15) is 0 Å². The summed E-state index contributed by atoms with van der Waals surface area (Å²) in [5.41, 5.74) is -0.758. The van der Waals surface area contributed by atoms with E-state index in [1.165, 1.54) is 23.5 Å². The molecule has 1 fully saturated rings. The quantitative estimate of drug-likeness (QED) is 0.880. The summed E-state index contributed by atoms with van der Waals surface area (Å²) in [7, 11) is 0. The predicted octanol–water partition coefficient (Wildman–Crippen LogP) is 3.15. The van der Waals surface area contributed by atoms with Gasteiger partial charge in [0.05, 0.1) is 6.54 Å². The van der Waals surface area contributed by atoms with Gasteiger partial charge in [-0.15, -0.1) is 11.3 Å². The standard InChI is InChI=1S/C17H17F2NO2S/c1-17(22,15-3-2-6-23-15)9-20-16(21)13-8-12(13)11-5-4-10(18)7-14(11)19/h2-7,12-13,22H,8-9H2,1H3,(H,20,21). The summed E-state index contributed by atoms with van der Waals surface area (Å²) in [4.78, 5) is 12.9. The first kappa shape index (κ1) is 16.1.